The van der Waals surface area contributed by atoms with Gasteiger partial charge in [-0.3, -0.25) is 14.8 Å². The number of nitrogens with two attached hydrogens (primary N) is 1. The highest BCUT2D eigenvalue weighted by Crippen LogP contribution is 1.86. The number of hydrogen-bond donors (Lipinski definition) is 1. The van der Waals surface area contributed by atoms with Crippen molar-refractivity contribution in [3.63, 3.8) is 0 Å². The van der Waals surface area contributed by atoms with E-state index in [1.54, 1.807) is 12.3 Å². The summed E-state index contributed by atoms with van der Waals surface area (Å²) in [5, 5.41) is 1.11. The second kappa shape index (κ2) is 2.46. The Bertz CT molecular complexity index is 439. The monoisotopic (exact) mass is 162 g/mol. The zero-order valence-corrected chi connectivity index (χ0v) is 6.14. The van der Waals surface area contributed by atoms with E-state index in [1.165, 1.54) is 6.20 Å². The van der Waals surface area contributed by atoms with Crippen LogP contribution in [0.5, 0.6) is 0 Å². The molecule has 0 radical (unpaired) electrons. The fraction of sp³-hybridized carbons (Fsp3) is 0.143. The Hall–Kier alpha value is -1.62. The average molecular weight is 162 g/mol. The van der Waals surface area contributed by atoms with Crippen LogP contribution in [0.3, 0.4) is 0 Å². The molecule has 2 N–H and O–H groups in total. The number of aromatic nitrogens is 1. The molecule has 0 spiro atoms. The molecule has 1 aliphatic rings. The molecule has 0 bridgehead atoms. The summed E-state index contributed by atoms with van der Waals surface area (Å²) in [5.74, 6) is -0.409. The van der Waals surface area contributed by atoms with E-state index in [9.17, 15) is 4.79 Å². The molecule has 1 unspecified atom stereocenters. The van der Waals surface area contributed by atoms with E-state index in [0.29, 0.717) is 10.7 Å². The van der Waals surface area contributed by atoms with E-state index in [0.717, 1.165) is 0 Å². The number of carbonyl (C=O) groups excluding carboxylic acids is 1. The van der Waals surface area contributed by atoms with Crippen LogP contribution < -0.4 is 16.4 Å². The van der Waals surface area contributed by atoms with E-state index in [1.807, 2.05) is 0 Å². The molecule has 5 heteroatoms. The lowest BCUT2D eigenvalue weighted by Gasteiger charge is -2.03. The maximum Gasteiger partial charge on any atom is 0.285 e. The van der Waals surface area contributed by atoms with Crippen LogP contribution in [-0.4, -0.2) is 17.1 Å². The topological polar surface area (TPSA) is 80.7 Å². The fourth-order valence-corrected chi connectivity index (χ4v) is 0.963. The standard InChI is InChI=1S/C7H6N4O/c8-6-7(12)11-4-1-2-9-3-5(4)10-6/h1-3,6H,8H2. The number of pyridine rings is 1. The summed E-state index contributed by atoms with van der Waals surface area (Å²) in [6.45, 7) is 0. The third-order valence-corrected chi connectivity index (χ3v) is 1.54. The Kier molecular flexibility index (Phi) is 1.44. The molecule has 0 fully saturated rings. The number of nitrogens with zero attached hydrogens (tertiary/aromatic N) is 3. The molecule has 1 aliphatic heterocycles. The Morgan fingerprint density at radius 1 is 1.42 bits per heavy atom. The zero-order valence-electron chi connectivity index (χ0n) is 6.14. The predicted molar refractivity (Wildman–Crippen MR) is 39.5 cm³/mol. The van der Waals surface area contributed by atoms with Crippen molar-refractivity contribution in [2.24, 2.45) is 15.7 Å². The van der Waals surface area contributed by atoms with Crippen LogP contribution in [0, 0.1) is 0 Å². The van der Waals surface area contributed by atoms with Crippen molar-refractivity contribution in [1.29, 1.82) is 0 Å². The zero-order chi connectivity index (χ0) is 8.55. The molecule has 60 valence electrons. The highest BCUT2D eigenvalue weighted by Gasteiger charge is 2.13. The summed E-state index contributed by atoms with van der Waals surface area (Å²) >= 11 is 0. The number of hydrogen-bond acceptors (Lipinski definition) is 4. The highest BCUT2D eigenvalue weighted by molar-refractivity contribution is 5.82. The Balaban J connectivity index is 2.79. The first-order valence-corrected chi connectivity index (χ1v) is 3.43. The van der Waals surface area contributed by atoms with E-state index in [-0.39, 0.29) is 0 Å². The quantitative estimate of drug-likeness (QED) is 0.486. The summed E-state index contributed by atoms with van der Waals surface area (Å²) in [6, 6.07) is 1.63. The number of amides is 1. The fourth-order valence-electron chi connectivity index (χ4n) is 0.963. The third kappa shape index (κ3) is 0.998. The lowest BCUT2D eigenvalue weighted by atomic mass is 10.3. The van der Waals surface area contributed by atoms with Gasteiger partial charge in [-0.15, -0.1) is 0 Å². The predicted octanol–water partition coefficient (Wildman–Crippen LogP) is -1.85. The van der Waals surface area contributed by atoms with Crippen molar-refractivity contribution in [3.8, 4) is 0 Å². The molecular formula is C7H6N4O. The molecule has 5 nitrogen and oxygen atoms in total. The second-order valence-corrected chi connectivity index (χ2v) is 2.39. The Morgan fingerprint density at radius 3 is 3.08 bits per heavy atom. The van der Waals surface area contributed by atoms with Crippen molar-refractivity contribution >= 4 is 5.91 Å². The van der Waals surface area contributed by atoms with Gasteiger partial charge in [0, 0.05) is 6.20 Å². The molecule has 0 aliphatic carbocycles. The highest BCUT2D eigenvalue weighted by atomic mass is 16.2. The van der Waals surface area contributed by atoms with Gasteiger partial charge in [0.15, 0.2) is 6.17 Å². The first kappa shape index (κ1) is 7.05. The molecule has 12 heavy (non-hydrogen) atoms. The summed E-state index contributed by atoms with van der Waals surface area (Å²) in [6.07, 6.45) is 2.23. The first-order chi connectivity index (χ1) is 5.77. The van der Waals surface area contributed by atoms with Gasteiger partial charge >= 0.3 is 0 Å². The number of rotatable bonds is 0. The number of fused-ring (bicyclic) bond motifs is 1. The van der Waals surface area contributed by atoms with Crippen molar-refractivity contribution in [1.82, 2.24) is 4.98 Å². The molecule has 2 heterocycles. The van der Waals surface area contributed by atoms with Crippen LogP contribution >= 0.6 is 0 Å². The minimum atomic E-state index is -0.860. The van der Waals surface area contributed by atoms with Gasteiger partial charge in [-0.1, -0.05) is 0 Å². The van der Waals surface area contributed by atoms with Crippen LogP contribution in [0.15, 0.2) is 28.4 Å². The van der Waals surface area contributed by atoms with Crippen LogP contribution in [0.25, 0.3) is 0 Å². The average Bonchev–Trinajstić information content (AvgIpc) is 2.07. The summed E-state index contributed by atoms with van der Waals surface area (Å²) in [7, 11) is 0. The van der Waals surface area contributed by atoms with Crippen LogP contribution in [0.1, 0.15) is 0 Å². The summed E-state index contributed by atoms with van der Waals surface area (Å²) < 4.78 is 0. The summed E-state index contributed by atoms with van der Waals surface area (Å²) in [5.41, 5.74) is 5.36. The number of carbonyl (C=O) groups is 1. The molecule has 0 saturated heterocycles. The molecule has 1 aromatic heterocycles. The maximum absolute atomic E-state index is 11.0. The normalized spacial score (nSPS) is 20.8. The van der Waals surface area contributed by atoms with E-state index >= 15 is 0 Å². The Labute approximate surface area is 67.7 Å². The largest absolute Gasteiger partial charge is 0.302 e. The lowest BCUT2D eigenvalue weighted by molar-refractivity contribution is -0.119. The molecule has 0 saturated carbocycles. The van der Waals surface area contributed by atoms with Crippen molar-refractivity contribution < 1.29 is 4.79 Å². The van der Waals surface area contributed by atoms with Crippen LogP contribution in [-0.2, 0) is 4.79 Å². The minimum absolute atomic E-state index is 0.409. The van der Waals surface area contributed by atoms with Gasteiger partial charge in [0.05, 0.1) is 11.6 Å². The van der Waals surface area contributed by atoms with Gasteiger partial charge in [-0.2, -0.15) is 0 Å². The lowest BCUT2D eigenvalue weighted by Crippen LogP contribution is -2.40. The molecule has 2 rings (SSSR count). The third-order valence-electron chi connectivity index (χ3n) is 1.54. The van der Waals surface area contributed by atoms with Gasteiger partial charge in [0.2, 0.25) is 0 Å². The van der Waals surface area contributed by atoms with E-state index < -0.39 is 12.1 Å². The van der Waals surface area contributed by atoms with Gasteiger partial charge < -0.3 is 5.73 Å². The Morgan fingerprint density at radius 2 is 2.25 bits per heavy atom. The molecule has 1 amide bonds. The van der Waals surface area contributed by atoms with Gasteiger partial charge in [0.25, 0.3) is 5.91 Å². The molecular weight excluding hydrogens is 156 g/mol. The van der Waals surface area contributed by atoms with Gasteiger partial charge in [0.1, 0.15) is 5.36 Å². The van der Waals surface area contributed by atoms with Crippen molar-refractivity contribution in [2.45, 2.75) is 6.17 Å². The van der Waals surface area contributed by atoms with Crippen LogP contribution in [0.2, 0.25) is 0 Å². The second-order valence-electron chi connectivity index (χ2n) is 2.39. The molecule has 1 aromatic rings. The smallest absolute Gasteiger partial charge is 0.285 e. The summed E-state index contributed by atoms with van der Waals surface area (Å²) in [4.78, 5) is 22.4. The van der Waals surface area contributed by atoms with Crippen molar-refractivity contribution in [3.05, 3.63) is 29.2 Å². The van der Waals surface area contributed by atoms with E-state index in [4.69, 9.17) is 5.73 Å². The minimum Gasteiger partial charge on any atom is -0.302 e. The van der Waals surface area contributed by atoms with Gasteiger partial charge in [-0.25, -0.2) is 4.99 Å². The van der Waals surface area contributed by atoms with Crippen molar-refractivity contribution in [2.75, 3.05) is 0 Å². The maximum atomic E-state index is 11.0. The van der Waals surface area contributed by atoms with Crippen LogP contribution in [0.4, 0.5) is 0 Å². The molecule has 1 atom stereocenters. The first-order valence-electron chi connectivity index (χ1n) is 3.43. The molecule has 0 aromatic carbocycles. The van der Waals surface area contributed by atoms with Gasteiger partial charge in [-0.05, 0) is 6.07 Å². The SMILES string of the molecule is NC1N=c2cnccc2=NC1=O. The van der Waals surface area contributed by atoms with E-state index in [2.05, 4.69) is 15.0 Å².